The molecule has 1 fully saturated rings. The van der Waals surface area contributed by atoms with Crippen molar-refractivity contribution in [3.63, 3.8) is 0 Å². The molecular formula is C20H24FN5O3. The maximum atomic E-state index is 14.8. The number of hydrogen-bond donors (Lipinski definition) is 1. The Balaban J connectivity index is 0.000000755. The minimum Gasteiger partial charge on any atom is -0.443 e. The standard InChI is InChI=1S/C18H20FN5O2.C2H4O/c1-20-8-14-10-24(18(25)26-14)13-2-3-17(15(19)6-13)23-5-4-16-12(9-23)7-21-11-22-16;1-2-3/h2-3,6-7,11,14,20H,4-5,8-10H2,1H3;2H,1H3. The van der Waals surface area contributed by atoms with Gasteiger partial charge in [-0.05, 0) is 32.2 Å². The van der Waals surface area contributed by atoms with Crippen LogP contribution in [0, 0.1) is 5.82 Å². The monoisotopic (exact) mass is 401 g/mol. The Bertz CT molecular complexity index is 879. The summed E-state index contributed by atoms with van der Waals surface area (Å²) in [6, 6.07) is 4.88. The highest BCUT2D eigenvalue weighted by Crippen LogP contribution is 2.30. The first-order valence-electron chi connectivity index (χ1n) is 9.42. The van der Waals surface area contributed by atoms with Gasteiger partial charge < -0.3 is 19.7 Å². The van der Waals surface area contributed by atoms with Gasteiger partial charge in [0.05, 0.1) is 23.6 Å². The number of aromatic nitrogens is 2. The maximum absolute atomic E-state index is 14.8. The van der Waals surface area contributed by atoms with E-state index in [1.165, 1.54) is 17.9 Å². The van der Waals surface area contributed by atoms with Crippen LogP contribution in [0.1, 0.15) is 18.2 Å². The number of likely N-dealkylation sites (N-methyl/N-ethyl adjacent to an activating group) is 1. The number of benzene rings is 1. The van der Waals surface area contributed by atoms with E-state index in [-0.39, 0.29) is 11.9 Å². The number of carbonyl (C=O) groups excluding carboxylic acids is 2. The number of anilines is 2. The molecule has 1 atom stereocenters. The van der Waals surface area contributed by atoms with E-state index in [1.54, 1.807) is 31.7 Å². The highest BCUT2D eigenvalue weighted by molar-refractivity contribution is 5.90. The van der Waals surface area contributed by atoms with E-state index >= 15 is 0 Å². The molecule has 1 aromatic heterocycles. The molecule has 2 aliphatic heterocycles. The van der Waals surface area contributed by atoms with Gasteiger partial charge in [0.15, 0.2) is 0 Å². The van der Waals surface area contributed by atoms with Gasteiger partial charge in [-0.25, -0.2) is 19.2 Å². The van der Waals surface area contributed by atoms with Gasteiger partial charge in [0.25, 0.3) is 0 Å². The van der Waals surface area contributed by atoms with Crippen LogP contribution in [0.25, 0.3) is 0 Å². The average Bonchev–Trinajstić information content (AvgIpc) is 3.08. The number of nitrogens with one attached hydrogen (secondary N) is 1. The number of nitrogens with zero attached hydrogens (tertiary/aromatic N) is 4. The first-order chi connectivity index (χ1) is 14.1. The SMILES string of the molecule is CC=O.CNCC1CN(c2ccc(N3CCc4ncncc4C3)c(F)c2)C(=O)O1. The van der Waals surface area contributed by atoms with Gasteiger partial charge in [-0.1, -0.05) is 0 Å². The lowest BCUT2D eigenvalue weighted by molar-refractivity contribution is -0.106. The summed E-state index contributed by atoms with van der Waals surface area (Å²) in [5.74, 6) is -0.354. The summed E-state index contributed by atoms with van der Waals surface area (Å²) >= 11 is 0. The number of hydrogen-bond acceptors (Lipinski definition) is 7. The summed E-state index contributed by atoms with van der Waals surface area (Å²) in [6.45, 7) is 3.68. The molecule has 8 nitrogen and oxygen atoms in total. The molecule has 1 aromatic carbocycles. The zero-order valence-corrected chi connectivity index (χ0v) is 16.5. The van der Waals surface area contributed by atoms with Crippen molar-refractivity contribution in [3.8, 4) is 0 Å². The Kier molecular flexibility index (Phi) is 6.71. The lowest BCUT2D eigenvalue weighted by Gasteiger charge is -2.30. The zero-order chi connectivity index (χ0) is 20.8. The molecule has 1 amide bonds. The van der Waals surface area contributed by atoms with Crippen molar-refractivity contribution in [2.45, 2.75) is 26.0 Å². The van der Waals surface area contributed by atoms with E-state index in [2.05, 4.69) is 15.3 Å². The van der Waals surface area contributed by atoms with Crippen LogP contribution in [-0.4, -0.2) is 55.1 Å². The van der Waals surface area contributed by atoms with Crippen molar-refractivity contribution in [2.24, 2.45) is 0 Å². The van der Waals surface area contributed by atoms with E-state index < -0.39 is 6.09 Å². The van der Waals surface area contributed by atoms with E-state index in [4.69, 9.17) is 9.53 Å². The van der Waals surface area contributed by atoms with E-state index in [1.807, 2.05) is 4.90 Å². The summed E-state index contributed by atoms with van der Waals surface area (Å²) in [4.78, 5) is 32.6. The summed E-state index contributed by atoms with van der Waals surface area (Å²) in [5.41, 5.74) is 3.06. The number of aldehydes is 1. The van der Waals surface area contributed by atoms with Crippen LogP contribution >= 0.6 is 0 Å². The Morgan fingerprint density at radius 3 is 2.93 bits per heavy atom. The number of halogens is 1. The fourth-order valence-electron chi connectivity index (χ4n) is 3.46. The van der Waals surface area contributed by atoms with Gasteiger partial charge in [-0.2, -0.15) is 0 Å². The number of fused-ring (bicyclic) bond motifs is 1. The minimum absolute atomic E-state index is 0.228. The lowest BCUT2D eigenvalue weighted by atomic mass is 10.1. The smallest absolute Gasteiger partial charge is 0.414 e. The van der Waals surface area contributed by atoms with Crippen LogP contribution in [-0.2, 0) is 22.5 Å². The quantitative estimate of drug-likeness (QED) is 0.783. The van der Waals surface area contributed by atoms with Crippen LogP contribution in [0.4, 0.5) is 20.6 Å². The molecule has 0 radical (unpaired) electrons. The van der Waals surface area contributed by atoms with Gasteiger partial charge in [-0.15, -0.1) is 0 Å². The third-order valence-electron chi connectivity index (χ3n) is 4.75. The lowest BCUT2D eigenvalue weighted by Crippen LogP contribution is -2.32. The second kappa shape index (κ2) is 9.42. The molecule has 29 heavy (non-hydrogen) atoms. The van der Waals surface area contributed by atoms with Crippen molar-refractivity contribution in [1.29, 1.82) is 0 Å². The number of ether oxygens (including phenoxy) is 1. The molecule has 1 N–H and O–H groups in total. The molecule has 154 valence electrons. The van der Waals surface area contributed by atoms with Gasteiger partial charge in [0.2, 0.25) is 0 Å². The predicted molar refractivity (Wildman–Crippen MR) is 106 cm³/mol. The molecule has 2 aromatic rings. The van der Waals surface area contributed by atoms with Crippen molar-refractivity contribution in [3.05, 3.63) is 47.8 Å². The summed E-state index contributed by atoms with van der Waals surface area (Å²) in [7, 11) is 1.80. The van der Waals surface area contributed by atoms with Crippen molar-refractivity contribution >= 4 is 23.8 Å². The van der Waals surface area contributed by atoms with Crippen LogP contribution in [0.15, 0.2) is 30.7 Å². The van der Waals surface area contributed by atoms with E-state index in [0.29, 0.717) is 37.6 Å². The number of carbonyl (C=O) groups is 2. The number of amides is 1. The Morgan fingerprint density at radius 2 is 2.21 bits per heavy atom. The molecule has 1 saturated heterocycles. The van der Waals surface area contributed by atoms with Crippen molar-refractivity contribution in [2.75, 3.05) is 36.5 Å². The van der Waals surface area contributed by atoms with Crippen LogP contribution in [0.3, 0.4) is 0 Å². The number of cyclic esters (lactones) is 1. The molecule has 9 heteroatoms. The molecule has 3 heterocycles. The molecule has 0 bridgehead atoms. The first-order valence-corrected chi connectivity index (χ1v) is 9.42. The Hall–Kier alpha value is -3.07. The molecule has 4 rings (SSSR count). The first kappa shape index (κ1) is 20.7. The molecular weight excluding hydrogens is 377 g/mol. The van der Waals surface area contributed by atoms with Gasteiger partial charge in [0.1, 0.15) is 24.5 Å². The topological polar surface area (TPSA) is 87.7 Å². The predicted octanol–water partition coefficient (Wildman–Crippen LogP) is 1.93. The normalized spacial score (nSPS) is 17.9. The minimum atomic E-state index is -0.443. The third-order valence-corrected chi connectivity index (χ3v) is 4.75. The molecule has 2 aliphatic rings. The third kappa shape index (κ3) is 4.68. The van der Waals surface area contributed by atoms with Crippen LogP contribution in [0.2, 0.25) is 0 Å². The number of rotatable bonds is 4. The molecule has 0 spiro atoms. The fraction of sp³-hybridized carbons (Fsp3) is 0.400. The van der Waals surface area contributed by atoms with Gasteiger partial charge in [-0.3, -0.25) is 4.90 Å². The van der Waals surface area contributed by atoms with Crippen molar-refractivity contribution in [1.82, 2.24) is 15.3 Å². The molecule has 1 unspecified atom stereocenters. The van der Waals surface area contributed by atoms with Gasteiger partial charge in [0, 0.05) is 37.8 Å². The largest absolute Gasteiger partial charge is 0.443 e. The van der Waals surface area contributed by atoms with Gasteiger partial charge >= 0.3 is 6.09 Å². The molecule has 0 saturated carbocycles. The summed E-state index contributed by atoms with van der Waals surface area (Å²) in [6.07, 6.45) is 4.15. The average molecular weight is 401 g/mol. The van der Waals surface area contributed by atoms with Crippen LogP contribution < -0.4 is 15.1 Å². The van der Waals surface area contributed by atoms with Crippen molar-refractivity contribution < 1.29 is 18.7 Å². The Morgan fingerprint density at radius 1 is 1.41 bits per heavy atom. The second-order valence-electron chi connectivity index (χ2n) is 6.71. The summed E-state index contributed by atoms with van der Waals surface area (Å²) in [5, 5.41) is 2.98. The summed E-state index contributed by atoms with van der Waals surface area (Å²) < 4.78 is 20.0. The highest BCUT2D eigenvalue weighted by atomic mass is 19.1. The highest BCUT2D eigenvalue weighted by Gasteiger charge is 2.32. The van der Waals surface area contributed by atoms with E-state index in [0.717, 1.165) is 24.0 Å². The Labute approximate surface area is 168 Å². The second-order valence-corrected chi connectivity index (χ2v) is 6.71. The zero-order valence-electron chi connectivity index (χ0n) is 16.5. The van der Waals surface area contributed by atoms with E-state index in [9.17, 15) is 9.18 Å². The van der Waals surface area contributed by atoms with Crippen LogP contribution in [0.5, 0.6) is 0 Å². The fourth-order valence-corrected chi connectivity index (χ4v) is 3.46. The molecule has 0 aliphatic carbocycles. The maximum Gasteiger partial charge on any atom is 0.414 e.